The zero-order valence-electron chi connectivity index (χ0n) is 7.70. The van der Waals surface area contributed by atoms with Crippen molar-refractivity contribution in [1.82, 2.24) is 4.90 Å². The lowest BCUT2D eigenvalue weighted by atomic mass is 10.1. The van der Waals surface area contributed by atoms with Crippen LogP contribution in [-0.2, 0) is 4.74 Å². The zero-order chi connectivity index (χ0) is 8.55. The van der Waals surface area contributed by atoms with Gasteiger partial charge in [-0.1, -0.05) is 0 Å². The van der Waals surface area contributed by atoms with Crippen molar-refractivity contribution in [1.29, 1.82) is 0 Å². The Kier molecular flexibility index (Phi) is 2.35. The van der Waals surface area contributed by atoms with Crippen molar-refractivity contribution >= 4 is 0 Å². The monoisotopic (exact) mass is 170 g/mol. The summed E-state index contributed by atoms with van der Waals surface area (Å²) in [4.78, 5) is 2.53. The second-order valence-electron chi connectivity index (χ2n) is 4.02. The van der Waals surface area contributed by atoms with E-state index in [1.165, 1.54) is 19.4 Å². The average molecular weight is 170 g/mol. The van der Waals surface area contributed by atoms with Crippen molar-refractivity contribution < 1.29 is 4.74 Å². The van der Waals surface area contributed by atoms with Crippen LogP contribution in [0.2, 0.25) is 0 Å². The predicted molar refractivity (Wildman–Crippen MR) is 48.0 cm³/mol. The van der Waals surface area contributed by atoms with E-state index in [0.717, 1.165) is 13.2 Å². The normalized spacial score (nSPS) is 39.5. The molecule has 2 heterocycles. The van der Waals surface area contributed by atoms with Gasteiger partial charge in [-0.2, -0.15) is 0 Å². The Labute approximate surface area is 73.9 Å². The molecule has 0 radical (unpaired) electrons. The number of hydrogen-bond acceptors (Lipinski definition) is 3. The number of nitrogens with two attached hydrogens (primary N) is 1. The van der Waals surface area contributed by atoms with Crippen LogP contribution in [0.3, 0.4) is 0 Å². The minimum atomic E-state index is 0.173. The van der Waals surface area contributed by atoms with E-state index >= 15 is 0 Å². The summed E-state index contributed by atoms with van der Waals surface area (Å²) in [5.74, 6) is 0. The van der Waals surface area contributed by atoms with Crippen LogP contribution in [0.25, 0.3) is 0 Å². The maximum atomic E-state index is 5.80. The minimum Gasteiger partial charge on any atom is -0.374 e. The maximum absolute atomic E-state index is 5.80. The third-order valence-electron chi connectivity index (χ3n) is 3.00. The molecule has 2 saturated heterocycles. The maximum Gasteiger partial charge on any atom is 0.0850 e. The Morgan fingerprint density at radius 2 is 2.42 bits per heavy atom. The van der Waals surface area contributed by atoms with Crippen LogP contribution in [0.15, 0.2) is 0 Å². The molecule has 3 atom stereocenters. The summed E-state index contributed by atoms with van der Waals surface area (Å²) >= 11 is 0. The summed E-state index contributed by atoms with van der Waals surface area (Å²) in [5.41, 5.74) is 5.80. The summed E-state index contributed by atoms with van der Waals surface area (Å²) in [6, 6.07) is 0.867. The van der Waals surface area contributed by atoms with Crippen molar-refractivity contribution in [3.8, 4) is 0 Å². The van der Waals surface area contributed by atoms with Crippen molar-refractivity contribution in [2.45, 2.75) is 38.0 Å². The summed E-state index contributed by atoms with van der Waals surface area (Å²) < 4.78 is 5.69. The van der Waals surface area contributed by atoms with Gasteiger partial charge in [0.1, 0.15) is 0 Å². The molecule has 12 heavy (non-hydrogen) atoms. The third kappa shape index (κ3) is 1.49. The highest BCUT2D eigenvalue weighted by molar-refractivity contribution is 4.87. The molecule has 0 aliphatic carbocycles. The van der Waals surface area contributed by atoms with Gasteiger partial charge in [0.25, 0.3) is 0 Å². The number of ether oxygens (including phenoxy) is 1. The van der Waals surface area contributed by atoms with E-state index in [-0.39, 0.29) is 12.1 Å². The van der Waals surface area contributed by atoms with E-state index in [2.05, 4.69) is 4.90 Å². The molecular formula is C9H18N2O. The van der Waals surface area contributed by atoms with Crippen LogP contribution >= 0.6 is 0 Å². The lowest BCUT2D eigenvalue weighted by Gasteiger charge is -2.36. The van der Waals surface area contributed by atoms with Crippen LogP contribution in [0, 0.1) is 0 Å². The summed E-state index contributed by atoms with van der Waals surface area (Å²) in [7, 11) is 0. The van der Waals surface area contributed by atoms with Gasteiger partial charge >= 0.3 is 0 Å². The topological polar surface area (TPSA) is 38.5 Å². The molecule has 2 aliphatic rings. The smallest absolute Gasteiger partial charge is 0.0850 e. The molecule has 3 heteroatoms. The molecule has 0 aromatic heterocycles. The largest absolute Gasteiger partial charge is 0.374 e. The highest BCUT2D eigenvalue weighted by Gasteiger charge is 2.33. The fraction of sp³-hybridized carbons (Fsp3) is 1.00. The molecule has 2 N–H and O–H groups in total. The first-order valence-corrected chi connectivity index (χ1v) is 4.88. The predicted octanol–water partition coefficient (Wildman–Crippen LogP) is 0.197. The molecule has 0 saturated carbocycles. The molecule has 0 bridgehead atoms. The Morgan fingerprint density at radius 3 is 3.17 bits per heavy atom. The molecule has 0 spiro atoms. The third-order valence-corrected chi connectivity index (χ3v) is 3.00. The number of morpholine rings is 1. The highest BCUT2D eigenvalue weighted by Crippen LogP contribution is 2.23. The van der Waals surface area contributed by atoms with Crippen molar-refractivity contribution in [3.63, 3.8) is 0 Å². The van der Waals surface area contributed by atoms with Gasteiger partial charge in [0.05, 0.1) is 12.7 Å². The van der Waals surface area contributed by atoms with Crippen LogP contribution < -0.4 is 5.73 Å². The standard InChI is InChI=1S/C9H18N2O/c1-7(10)9-5-11-4-2-3-8(11)6-12-9/h7-9H,2-6,10H2,1H3/t7-,8?,9?/m0/s1. The summed E-state index contributed by atoms with van der Waals surface area (Å²) in [6.07, 6.45) is 2.91. The lowest BCUT2D eigenvalue weighted by molar-refractivity contribution is -0.0566. The van der Waals surface area contributed by atoms with E-state index in [1.54, 1.807) is 0 Å². The van der Waals surface area contributed by atoms with Crippen molar-refractivity contribution in [2.75, 3.05) is 19.7 Å². The van der Waals surface area contributed by atoms with Crippen LogP contribution in [-0.4, -0.2) is 42.8 Å². The SMILES string of the molecule is C[C@H](N)C1CN2CCCC2CO1. The van der Waals surface area contributed by atoms with Crippen LogP contribution in [0.5, 0.6) is 0 Å². The van der Waals surface area contributed by atoms with Gasteiger partial charge in [0.2, 0.25) is 0 Å². The van der Waals surface area contributed by atoms with Gasteiger partial charge in [-0.25, -0.2) is 0 Å². The Hall–Kier alpha value is -0.120. The quantitative estimate of drug-likeness (QED) is 0.611. The Balaban J connectivity index is 1.92. The highest BCUT2D eigenvalue weighted by atomic mass is 16.5. The second kappa shape index (κ2) is 3.32. The fourth-order valence-corrected chi connectivity index (χ4v) is 2.16. The van der Waals surface area contributed by atoms with Crippen LogP contribution in [0.4, 0.5) is 0 Å². The molecule has 70 valence electrons. The van der Waals surface area contributed by atoms with E-state index in [1.807, 2.05) is 6.92 Å². The van der Waals surface area contributed by atoms with Gasteiger partial charge in [0, 0.05) is 18.6 Å². The van der Waals surface area contributed by atoms with E-state index in [0.29, 0.717) is 6.04 Å². The first-order valence-electron chi connectivity index (χ1n) is 4.88. The molecule has 3 nitrogen and oxygen atoms in total. The Bertz CT molecular complexity index is 161. The number of rotatable bonds is 1. The van der Waals surface area contributed by atoms with Gasteiger partial charge in [-0.05, 0) is 26.3 Å². The van der Waals surface area contributed by atoms with Gasteiger partial charge in [0.15, 0.2) is 0 Å². The van der Waals surface area contributed by atoms with Crippen molar-refractivity contribution in [3.05, 3.63) is 0 Å². The van der Waals surface area contributed by atoms with E-state index in [4.69, 9.17) is 10.5 Å². The molecule has 2 fully saturated rings. The number of hydrogen-bond donors (Lipinski definition) is 1. The average Bonchev–Trinajstić information content (AvgIpc) is 2.49. The number of fused-ring (bicyclic) bond motifs is 1. The van der Waals surface area contributed by atoms with Gasteiger partial charge in [-0.3, -0.25) is 4.90 Å². The molecule has 0 aromatic rings. The molecule has 2 rings (SSSR count). The minimum absolute atomic E-state index is 0.173. The van der Waals surface area contributed by atoms with Crippen molar-refractivity contribution in [2.24, 2.45) is 5.73 Å². The summed E-state index contributed by atoms with van der Waals surface area (Å²) in [6.45, 7) is 5.22. The number of nitrogens with zero attached hydrogens (tertiary/aromatic N) is 1. The molecular weight excluding hydrogens is 152 g/mol. The zero-order valence-corrected chi connectivity index (χ0v) is 7.70. The first-order chi connectivity index (χ1) is 5.77. The molecule has 0 aromatic carbocycles. The fourth-order valence-electron chi connectivity index (χ4n) is 2.16. The Morgan fingerprint density at radius 1 is 1.58 bits per heavy atom. The summed E-state index contributed by atoms with van der Waals surface area (Å²) in [5, 5.41) is 0. The molecule has 2 aliphatic heterocycles. The first kappa shape index (κ1) is 8.48. The lowest BCUT2D eigenvalue weighted by Crippen LogP contribution is -2.51. The molecule has 0 amide bonds. The van der Waals surface area contributed by atoms with Gasteiger partial charge < -0.3 is 10.5 Å². The molecule has 2 unspecified atom stereocenters. The second-order valence-corrected chi connectivity index (χ2v) is 4.02. The van der Waals surface area contributed by atoms with E-state index in [9.17, 15) is 0 Å². The van der Waals surface area contributed by atoms with Gasteiger partial charge in [-0.15, -0.1) is 0 Å². The van der Waals surface area contributed by atoms with Crippen LogP contribution in [0.1, 0.15) is 19.8 Å². The van der Waals surface area contributed by atoms with E-state index < -0.39 is 0 Å².